The van der Waals surface area contributed by atoms with E-state index in [4.69, 9.17) is 0 Å². The second kappa shape index (κ2) is 8.83. The summed E-state index contributed by atoms with van der Waals surface area (Å²) in [6, 6.07) is 8.88. The van der Waals surface area contributed by atoms with Crippen LogP contribution in [-0.2, 0) is 19.6 Å². The van der Waals surface area contributed by atoms with Crippen LogP contribution in [0.15, 0.2) is 47.4 Å². The van der Waals surface area contributed by atoms with Gasteiger partial charge in [0, 0.05) is 13.0 Å². The van der Waals surface area contributed by atoms with E-state index in [1.165, 1.54) is 19.2 Å². The summed E-state index contributed by atoms with van der Waals surface area (Å²) in [6.45, 7) is 1.62. The lowest BCUT2D eigenvalue weighted by Crippen LogP contribution is -2.33. The first kappa shape index (κ1) is 21.4. The maximum absolute atomic E-state index is 13.5. The van der Waals surface area contributed by atoms with Crippen LogP contribution in [0.1, 0.15) is 28.8 Å². The van der Waals surface area contributed by atoms with Crippen LogP contribution in [0.5, 0.6) is 0 Å². The third-order valence-electron chi connectivity index (χ3n) is 4.04. The van der Waals surface area contributed by atoms with E-state index in [0.29, 0.717) is 0 Å². The summed E-state index contributed by atoms with van der Waals surface area (Å²) in [5, 5.41) is 9.40. The molecular weight excluding hydrogens is 389 g/mol. The van der Waals surface area contributed by atoms with Gasteiger partial charge in [0.2, 0.25) is 0 Å². The fourth-order valence-corrected chi connectivity index (χ4v) is 4.10. The molecule has 0 fully saturated rings. The normalized spacial score (nSPS) is 11.1. The van der Waals surface area contributed by atoms with Gasteiger partial charge in [0.25, 0.3) is 10.0 Å². The van der Waals surface area contributed by atoms with Gasteiger partial charge in [-0.3, -0.25) is 9.10 Å². The zero-order valence-electron chi connectivity index (χ0n) is 15.4. The highest BCUT2D eigenvalue weighted by molar-refractivity contribution is 7.92. The van der Waals surface area contributed by atoms with E-state index in [0.717, 1.165) is 28.1 Å². The van der Waals surface area contributed by atoms with Gasteiger partial charge >= 0.3 is 11.9 Å². The molecule has 2 rings (SSSR count). The molecule has 0 radical (unpaired) electrons. The number of methoxy groups -OCH3 is 1. The molecule has 0 aliphatic carbocycles. The van der Waals surface area contributed by atoms with E-state index in [1.54, 1.807) is 19.1 Å². The van der Waals surface area contributed by atoms with Crippen LogP contribution in [-0.4, -0.2) is 39.1 Å². The fraction of sp³-hybridized carbons (Fsp3) is 0.263. The van der Waals surface area contributed by atoms with E-state index >= 15 is 0 Å². The predicted octanol–water partition coefficient (Wildman–Crippen LogP) is 2.98. The van der Waals surface area contributed by atoms with Crippen LogP contribution in [0.25, 0.3) is 0 Å². The van der Waals surface area contributed by atoms with Gasteiger partial charge in [-0.05, 0) is 43.7 Å². The van der Waals surface area contributed by atoms with Crippen LogP contribution in [0, 0.1) is 12.7 Å². The Morgan fingerprint density at radius 3 is 2.36 bits per heavy atom. The Hall–Kier alpha value is -2.94. The van der Waals surface area contributed by atoms with E-state index in [1.807, 2.05) is 0 Å². The van der Waals surface area contributed by atoms with E-state index in [-0.39, 0.29) is 30.0 Å². The second-order valence-corrected chi connectivity index (χ2v) is 7.90. The number of rotatable bonds is 8. The minimum atomic E-state index is -4.15. The summed E-state index contributed by atoms with van der Waals surface area (Å²) in [4.78, 5) is 22.9. The number of hydrogen-bond donors (Lipinski definition) is 1. The van der Waals surface area contributed by atoms with Crippen LogP contribution in [0.4, 0.5) is 10.1 Å². The molecule has 0 saturated heterocycles. The summed E-state index contributed by atoms with van der Waals surface area (Å²) < 4.78 is 45.3. The summed E-state index contributed by atoms with van der Waals surface area (Å²) in [7, 11) is -2.94. The number of benzene rings is 2. The monoisotopic (exact) mass is 409 g/mol. The molecule has 0 amide bonds. The molecule has 0 aromatic heterocycles. The van der Waals surface area contributed by atoms with Gasteiger partial charge in [-0.2, -0.15) is 0 Å². The minimum Gasteiger partial charge on any atom is -0.478 e. The number of ether oxygens (including phenoxy) is 1. The number of carbonyl (C=O) groups is 2. The molecule has 7 nitrogen and oxygen atoms in total. The van der Waals surface area contributed by atoms with Gasteiger partial charge in [0.15, 0.2) is 0 Å². The number of carboxylic acid groups (broad SMARTS) is 1. The number of aryl methyl sites for hydroxylation is 1. The van der Waals surface area contributed by atoms with Crippen molar-refractivity contribution < 1.29 is 32.2 Å². The van der Waals surface area contributed by atoms with Crippen molar-refractivity contribution in [2.75, 3.05) is 18.0 Å². The van der Waals surface area contributed by atoms with Gasteiger partial charge in [0.05, 0.1) is 23.3 Å². The molecule has 2 aromatic carbocycles. The molecule has 9 heteroatoms. The Kier molecular flexibility index (Phi) is 6.74. The topological polar surface area (TPSA) is 101 Å². The molecule has 0 aliphatic heterocycles. The first-order valence-corrected chi connectivity index (χ1v) is 9.80. The number of nitrogens with zero attached hydrogens (tertiary/aromatic N) is 1. The van der Waals surface area contributed by atoms with Crippen molar-refractivity contribution in [1.29, 1.82) is 0 Å². The SMILES string of the molecule is COC(=O)CCCN(c1ccc(F)cc1C(=O)O)S(=O)(=O)c1ccc(C)cc1. The number of aromatic carboxylic acids is 1. The number of halogens is 1. The minimum absolute atomic E-state index is 0.0446. The smallest absolute Gasteiger partial charge is 0.337 e. The lowest BCUT2D eigenvalue weighted by atomic mass is 10.1. The zero-order chi connectivity index (χ0) is 20.9. The molecule has 0 saturated carbocycles. The van der Waals surface area contributed by atoms with Gasteiger partial charge in [-0.15, -0.1) is 0 Å². The average molecular weight is 409 g/mol. The number of sulfonamides is 1. The highest BCUT2D eigenvalue weighted by atomic mass is 32.2. The Balaban J connectivity index is 2.52. The van der Waals surface area contributed by atoms with Crippen molar-refractivity contribution in [2.24, 2.45) is 0 Å². The van der Waals surface area contributed by atoms with E-state index < -0.39 is 33.3 Å². The van der Waals surface area contributed by atoms with Crippen molar-refractivity contribution in [3.05, 3.63) is 59.4 Å². The van der Waals surface area contributed by atoms with Gasteiger partial charge < -0.3 is 9.84 Å². The zero-order valence-corrected chi connectivity index (χ0v) is 16.2. The highest BCUT2D eigenvalue weighted by Crippen LogP contribution is 2.28. The molecule has 0 aliphatic rings. The van der Waals surface area contributed by atoms with Crippen molar-refractivity contribution in [3.8, 4) is 0 Å². The number of carboxylic acids is 1. The molecule has 150 valence electrons. The fourth-order valence-electron chi connectivity index (χ4n) is 2.57. The molecule has 1 N–H and O–H groups in total. The third-order valence-corrected chi connectivity index (χ3v) is 5.86. The summed E-state index contributed by atoms with van der Waals surface area (Å²) in [5.41, 5.74) is 0.178. The number of hydrogen-bond acceptors (Lipinski definition) is 5. The lowest BCUT2D eigenvalue weighted by Gasteiger charge is -2.26. The molecule has 0 unspecified atom stereocenters. The molecular formula is C19H20FNO6S. The van der Waals surface area contributed by atoms with Crippen molar-refractivity contribution >= 4 is 27.6 Å². The maximum atomic E-state index is 13.5. The Bertz CT molecular complexity index is 972. The van der Waals surface area contributed by atoms with E-state index in [9.17, 15) is 27.5 Å². The molecule has 0 spiro atoms. The number of anilines is 1. The molecule has 2 aromatic rings. The Morgan fingerprint density at radius 2 is 1.79 bits per heavy atom. The lowest BCUT2D eigenvalue weighted by molar-refractivity contribution is -0.140. The number of esters is 1. The van der Waals surface area contributed by atoms with Crippen molar-refractivity contribution in [3.63, 3.8) is 0 Å². The number of carbonyl (C=O) groups excluding carboxylic acids is 1. The molecule has 0 heterocycles. The quantitative estimate of drug-likeness (QED) is 0.673. The molecule has 0 bridgehead atoms. The summed E-state index contributed by atoms with van der Waals surface area (Å²) in [6.07, 6.45) is 0.0359. The highest BCUT2D eigenvalue weighted by Gasteiger charge is 2.28. The molecule has 28 heavy (non-hydrogen) atoms. The van der Waals surface area contributed by atoms with E-state index in [2.05, 4.69) is 4.74 Å². The Morgan fingerprint density at radius 1 is 1.14 bits per heavy atom. The standard InChI is InChI=1S/C19H20FNO6S/c1-13-5-8-15(9-6-13)28(25,26)21(11-3-4-18(22)27-2)17-10-7-14(20)12-16(17)19(23)24/h5-10,12H,3-4,11H2,1-2H3,(H,23,24). The predicted molar refractivity (Wildman–Crippen MR) is 100 cm³/mol. The van der Waals surface area contributed by atoms with Crippen LogP contribution in [0.3, 0.4) is 0 Å². The largest absolute Gasteiger partial charge is 0.478 e. The van der Waals surface area contributed by atoms with Gasteiger partial charge in [0.1, 0.15) is 5.82 Å². The van der Waals surface area contributed by atoms with Crippen LogP contribution in [0.2, 0.25) is 0 Å². The Labute approximate surface area is 162 Å². The first-order valence-electron chi connectivity index (χ1n) is 8.36. The van der Waals surface area contributed by atoms with Gasteiger partial charge in [-0.1, -0.05) is 17.7 Å². The summed E-state index contributed by atoms with van der Waals surface area (Å²) >= 11 is 0. The van der Waals surface area contributed by atoms with Crippen LogP contribution < -0.4 is 4.31 Å². The van der Waals surface area contributed by atoms with Crippen LogP contribution >= 0.6 is 0 Å². The van der Waals surface area contributed by atoms with Crippen molar-refractivity contribution in [1.82, 2.24) is 0 Å². The second-order valence-electron chi connectivity index (χ2n) is 6.04. The third kappa shape index (κ3) is 4.86. The van der Waals surface area contributed by atoms with Gasteiger partial charge in [-0.25, -0.2) is 17.6 Å². The van der Waals surface area contributed by atoms with Crippen molar-refractivity contribution in [2.45, 2.75) is 24.7 Å². The molecule has 0 atom stereocenters. The summed E-state index contributed by atoms with van der Waals surface area (Å²) in [5.74, 6) is -2.79. The average Bonchev–Trinajstić information content (AvgIpc) is 2.65. The maximum Gasteiger partial charge on any atom is 0.337 e. The first-order chi connectivity index (χ1) is 13.2.